The predicted molar refractivity (Wildman–Crippen MR) is 117 cm³/mol. The molecule has 4 rings (SSSR count). The molecule has 0 radical (unpaired) electrons. The van der Waals surface area contributed by atoms with Crippen LogP contribution in [0.25, 0.3) is 16.7 Å². The van der Waals surface area contributed by atoms with Gasteiger partial charge in [-0.15, -0.1) is 0 Å². The second-order valence-corrected chi connectivity index (χ2v) is 8.05. The highest BCUT2D eigenvalue weighted by atomic mass is 19.1. The first-order chi connectivity index (χ1) is 15.7. The number of nitrogens with zero attached hydrogens (tertiary/aromatic N) is 5. The molecular formula is C24H19F2N5O2. The number of pyridine rings is 2. The van der Waals surface area contributed by atoms with Gasteiger partial charge in [0.15, 0.2) is 5.49 Å². The standard InChI is InChI=1S/C24H19F2N5O2/c1-13(2)12-31-21(29-23(32)19-17(25)7-4-8-18(19)26)15(11-27)10-16-22(31)28-20-14(3)6-5-9-30(20)24(16)33/h4-10,13H,12H2,1-3H3. The maximum atomic E-state index is 14.2. The summed E-state index contributed by atoms with van der Waals surface area (Å²) >= 11 is 0. The van der Waals surface area contributed by atoms with Gasteiger partial charge in [-0.05, 0) is 42.7 Å². The Balaban J connectivity index is 2.16. The fourth-order valence-corrected chi connectivity index (χ4v) is 3.68. The molecule has 166 valence electrons. The van der Waals surface area contributed by atoms with Crippen molar-refractivity contribution in [2.45, 2.75) is 27.3 Å². The number of nitriles is 1. The van der Waals surface area contributed by atoms with Gasteiger partial charge in [-0.3, -0.25) is 14.0 Å². The monoisotopic (exact) mass is 447 g/mol. The SMILES string of the molecule is Cc1cccn2c(=O)c3cc(C#N)c(=NC(=O)c4c(F)cccc4F)n(CC(C)C)c3nc12. The summed E-state index contributed by atoms with van der Waals surface area (Å²) in [6, 6.07) is 9.82. The van der Waals surface area contributed by atoms with Crippen molar-refractivity contribution in [2.24, 2.45) is 10.9 Å². The first kappa shape index (κ1) is 22.0. The molecule has 33 heavy (non-hydrogen) atoms. The van der Waals surface area contributed by atoms with Crippen molar-refractivity contribution >= 4 is 22.6 Å². The minimum Gasteiger partial charge on any atom is -0.309 e. The number of hydrogen-bond donors (Lipinski definition) is 0. The molecule has 0 spiro atoms. The third-order valence-electron chi connectivity index (χ3n) is 5.16. The summed E-state index contributed by atoms with van der Waals surface area (Å²) in [4.78, 5) is 34.5. The third-order valence-corrected chi connectivity index (χ3v) is 5.16. The molecule has 0 aliphatic carbocycles. The molecule has 0 aliphatic heterocycles. The van der Waals surface area contributed by atoms with Crippen LogP contribution in [0.5, 0.6) is 0 Å². The van der Waals surface area contributed by atoms with Crippen LogP contribution >= 0.6 is 0 Å². The Bertz CT molecular complexity index is 1590. The van der Waals surface area contributed by atoms with E-state index in [1.165, 1.54) is 15.0 Å². The lowest BCUT2D eigenvalue weighted by molar-refractivity contribution is 0.0989. The number of carbonyl (C=O) groups excluding carboxylic acids is 1. The van der Waals surface area contributed by atoms with Crippen molar-refractivity contribution in [3.05, 3.63) is 86.8 Å². The maximum absolute atomic E-state index is 14.2. The average molecular weight is 447 g/mol. The van der Waals surface area contributed by atoms with Gasteiger partial charge in [-0.25, -0.2) is 13.8 Å². The molecule has 1 amide bonds. The summed E-state index contributed by atoms with van der Waals surface area (Å²) < 4.78 is 31.2. The number of fused-ring (bicyclic) bond motifs is 2. The number of halogens is 2. The molecule has 0 N–H and O–H groups in total. The molecule has 0 fully saturated rings. The van der Waals surface area contributed by atoms with E-state index in [-0.39, 0.29) is 40.1 Å². The van der Waals surface area contributed by atoms with E-state index in [2.05, 4.69) is 9.98 Å². The van der Waals surface area contributed by atoms with E-state index >= 15 is 0 Å². The summed E-state index contributed by atoms with van der Waals surface area (Å²) in [5.74, 6) is -3.28. The van der Waals surface area contributed by atoms with Crippen LogP contribution in [0.2, 0.25) is 0 Å². The second kappa shape index (κ2) is 8.39. The van der Waals surface area contributed by atoms with E-state index in [0.717, 1.165) is 23.8 Å². The summed E-state index contributed by atoms with van der Waals surface area (Å²) in [6.07, 6.45) is 1.58. The van der Waals surface area contributed by atoms with Crippen molar-refractivity contribution < 1.29 is 13.6 Å². The number of aryl methyl sites for hydroxylation is 1. The van der Waals surface area contributed by atoms with E-state index in [4.69, 9.17) is 0 Å². The Morgan fingerprint density at radius 1 is 1.18 bits per heavy atom. The molecular weight excluding hydrogens is 428 g/mol. The summed E-state index contributed by atoms with van der Waals surface area (Å²) in [5.41, 5.74) is -0.0150. The van der Waals surface area contributed by atoms with Crippen LogP contribution in [0.1, 0.15) is 35.3 Å². The molecule has 9 heteroatoms. The van der Waals surface area contributed by atoms with Gasteiger partial charge in [0.1, 0.15) is 34.6 Å². The molecule has 1 aromatic carbocycles. The fraction of sp³-hybridized carbons (Fsp3) is 0.208. The first-order valence-electron chi connectivity index (χ1n) is 10.2. The zero-order valence-electron chi connectivity index (χ0n) is 18.1. The number of rotatable bonds is 3. The van der Waals surface area contributed by atoms with Crippen molar-refractivity contribution in [1.82, 2.24) is 14.0 Å². The lowest BCUT2D eigenvalue weighted by Gasteiger charge is -2.15. The zero-order valence-corrected chi connectivity index (χ0v) is 18.1. The van der Waals surface area contributed by atoms with Crippen LogP contribution < -0.4 is 11.0 Å². The van der Waals surface area contributed by atoms with E-state index in [1.54, 1.807) is 25.3 Å². The van der Waals surface area contributed by atoms with Gasteiger partial charge in [-0.1, -0.05) is 26.0 Å². The zero-order chi connectivity index (χ0) is 23.9. The van der Waals surface area contributed by atoms with Gasteiger partial charge in [0.05, 0.1) is 10.9 Å². The molecule has 0 saturated carbocycles. The van der Waals surface area contributed by atoms with Gasteiger partial charge < -0.3 is 4.57 Å². The predicted octanol–water partition coefficient (Wildman–Crippen LogP) is 3.50. The van der Waals surface area contributed by atoms with Crippen LogP contribution in [0.15, 0.2) is 52.4 Å². The summed E-state index contributed by atoms with van der Waals surface area (Å²) in [7, 11) is 0. The van der Waals surface area contributed by atoms with Crippen molar-refractivity contribution in [1.29, 1.82) is 5.26 Å². The van der Waals surface area contributed by atoms with Gasteiger partial charge >= 0.3 is 0 Å². The van der Waals surface area contributed by atoms with Crippen LogP contribution in [-0.4, -0.2) is 19.9 Å². The highest BCUT2D eigenvalue weighted by Gasteiger charge is 2.20. The third kappa shape index (κ3) is 3.80. The van der Waals surface area contributed by atoms with Crippen molar-refractivity contribution in [3.63, 3.8) is 0 Å². The molecule has 3 heterocycles. The van der Waals surface area contributed by atoms with E-state index in [1.807, 2.05) is 19.9 Å². The summed E-state index contributed by atoms with van der Waals surface area (Å²) in [6.45, 7) is 5.87. The fourth-order valence-electron chi connectivity index (χ4n) is 3.68. The van der Waals surface area contributed by atoms with Crippen LogP contribution in [0, 0.1) is 35.8 Å². The average Bonchev–Trinajstić information content (AvgIpc) is 2.76. The van der Waals surface area contributed by atoms with E-state index in [0.29, 0.717) is 5.65 Å². The summed E-state index contributed by atoms with van der Waals surface area (Å²) in [5, 5.41) is 9.93. The lowest BCUT2D eigenvalue weighted by Crippen LogP contribution is -2.31. The number of carbonyl (C=O) groups is 1. The van der Waals surface area contributed by atoms with Crippen molar-refractivity contribution in [3.8, 4) is 6.07 Å². The van der Waals surface area contributed by atoms with Crippen molar-refractivity contribution in [2.75, 3.05) is 0 Å². The Hall–Kier alpha value is -4.19. The minimum atomic E-state index is -1.17. The molecule has 0 bridgehead atoms. The van der Waals surface area contributed by atoms with Crippen LogP contribution in [0.3, 0.4) is 0 Å². The highest BCUT2D eigenvalue weighted by molar-refractivity contribution is 5.95. The van der Waals surface area contributed by atoms with Gasteiger partial charge in [0.25, 0.3) is 11.5 Å². The second-order valence-electron chi connectivity index (χ2n) is 8.05. The van der Waals surface area contributed by atoms with Gasteiger partial charge in [-0.2, -0.15) is 10.3 Å². The number of benzene rings is 1. The topological polar surface area (TPSA) is 92.5 Å². The minimum absolute atomic E-state index is 0.0125. The number of amides is 1. The Labute approximate surface area is 186 Å². The first-order valence-corrected chi connectivity index (χ1v) is 10.2. The van der Waals surface area contributed by atoms with Crippen LogP contribution in [0.4, 0.5) is 8.78 Å². The number of aromatic nitrogens is 3. The van der Waals surface area contributed by atoms with Crippen LogP contribution in [-0.2, 0) is 6.54 Å². The molecule has 0 saturated heterocycles. The Morgan fingerprint density at radius 2 is 1.88 bits per heavy atom. The normalized spacial score (nSPS) is 12.0. The molecule has 0 unspecified atom stereocenters. The molecule has 3 aromatic heterocycles. The Morgan fingerprint density at radius 3 is 2.52 bits per heavy atom. The quantitative estimate of drug-likeness (QED) is 0.450. The largest absolute Gasteiger partial charge is 0.309 e. The molecule has 0 atom stereocenters. The highest BCUT2D eigenvalue weighted by Crippen LogP contribution is 2.16. The number of hydrogen-bond acceptors (Lipinski definition) is 4. The van der Waals surface area contributed by atoms with Gasteiger partial charge in [0, 0.05) is 12.7 Å². The molecule has 7 nitrogen and oxygen atoms in total. The Kier molecular flexibility index (Phi) is 5.60. The van der Waals surface area contributed by atoms with E-state index < -0.39 is 23.1 Å². The molecule has 4 aromatic rings. The molecule has 0 aliphatic rings. The lowest BCUT2D eigenvalue weighted by atomic mass is 10.1. The maximum Gasteiger partial charge on any atom is 0.284 e. The van der Waals surface area contributed by atoms with E-state index in [9.17, 15) is 23.6 Å². The smallest absolute Gasteiger partial charge is 0.284 e. The van der Waals surface area contributed by atoms with Gasteiger partial charge in [0.2, 0.25) is 0 Å².